The standard InChI is InChI=1S/C24H46O2/c1-11-23(7,8)20(16-22(4,5)6)18-12-14-19(15-13-18)21(25)26-24(9,10)17(2)3/h12,14,17-21,25H,11,13,15-16H2,1-10H3. The highest BCUT2D eigenvalue weighted by atomic mass is 16.6. The fourth-order valence-corrected chi connectivity index (χ4v) is 3.90. The quantitative estimate of drug-likeness (QED) is 0.377. The Kier molecular flexibility index (Phi) is 8.00. The molecule has 0 bridgehead atoms. The van der Waals surface area contributed by atoms with Gasteiger partial charge in [-0.2, -0.15) is 0 Å². The molecule has 4 atom stereocenters. The Morgan fingerprint density at radius 2 is 1.46 bits per heavy atom. The summed E-state index contributed by atoms with van der Waals surface area (Å²) in [6.07, 6.45) is 8.52. The Hall–Kier alpha value is -0.340. The molecule has 0 fully saturated rings. The molecule has 26 heavy (non-hydrogen) atoms. The van der Waals surface area contributed by atoms with Crippen molar-refractivity contribution in [1.29, 1.82) is 0 Å². The largest absolute Gasteiger partial charge is 0.367 e. The van der Waals surface area contributed by atoms with E-state index in [9.17, 15) is 5.11 Å². The van der Waals surface area contributed by atoms with Crippen LogP contribution in [0, 0.1) is 34.5 Å². The van der Waals surface area contributed by atoms with Crippen molar-refractivity contribution in [3.63, 3.8) is 0 Å². The Labute approximate surface area is 163 Å². The zero-order chi connectivity index (χ0) is 20.3. The Balaban J connectivity index is 2.85. The van der Waals surface area contributed by atoms with Crippen LogP contribution in [0.3, 0.4) is 0 Å². The van der Waals surface area contributed by atoms with Gasteiger partial charge < -0.3 is 9.84 Å². The van der Waals surface area contributed by atoms with Crippen LogP contribution in [0.2, 0.25) is 0 Å². The van der Waals surface area contributed by atoms with Crippen molar-refractivity contribution in [3.8, 4) is 0 Å². The maximum atomic E-state index is 10.6. The summed E-state index contributed by atoms with van der Waals surface area (Å²) in [5, 5.41) is 10.6. The number of allylic oxidation sites excluding steroid dienone is 1. The molecule has 0 radical (unpaired) electrons. The SMILES string of the molecule is CCC(C)(C)C(CC(C)(C)C)C1C=CC(C(O)OC(C)(C)C(C)C)CC1. The molecule has 1 N–H and O–H groups in total. The molecule has 0 aliphatic heterocycles. The highest BCUT2D eigenvalue weighted by Gasteiger charge is 2.38. The van der Waals surface area contributed by atoms with E-state index in [4.69, 9.17) is 4.74 Å². The van der Waals surface area contributed by atoms with E-state index >= 15 is 0 Å². The van der Waals surface area contributed by atoms with Gasteiger partial charge in [-0.15, -0.1) is 0 Å². The minimum absolute atomic E-state index is 0.115. The predicted octanol–water partition coefficient (Wildman–Crippen LogP) is 6.83. The van der Waals surface area contributed by atoms with Crippen LogP contribution in [0.25, 0.3) is 0 Å². The summed E-state index contributed by atoms with van der Waals surface area (Å²) in [5.41, 5.74) is 0.374. The van der Waals surface area contributed by atoms with Gasteiger partial charge in [0.1, 0.15) is 0 Å². The van der Waals surface area contributed by atoms with Crippen molar-refractivity contribution in [2.24, 2.45) is 34.5 Å². The molecule has 0 aromatic heterocycles. The van der Waals surface area contributed by atoms with Crippen molar-refractivity contribution >= 4 is 0 Å². The van der Waals surface area contributed by atoms with Gasteiger partial charge in [-0.1, -0.05) is 74.0 Å². The molecule has 2 nitrogen and oxygen atoms in total. The first-order chi connectivity index (χ1) is 11.7. The van der Waals surface area contributed by atoms with Gasteiger partial charge in [0.05, 0.1) is 5.60 Å². The van der Waals surface area contributed by atoms with Crippen LogP contribution >= 0.6 is 0 Å². The van der Waals surface area contributed by atoms with E-state index in [2.05, 4.69) is 81.4 Å². The van der Waals surface area contributed by atoms with Gasteiger partial charge in [-0.05, 0) is 61.7 Å². The van der Waals surface area contributed by atoms with Crippen LogP contribution in [-0.4, -0.2) is 17.0 Å². The highest BCUT2D eigenvalue weighted by molar-refractivity contribution is 5.04. The molecule has 1 aliphatic rings. The fourth-order valence-electron chi connectivity index (χ4n) is 3.90. The second kappa shape index (κ2) is 8.78. The molecule has 4 unspecified atom stereocenters. The van der Waals surface area contributed by atoms with Crippen molar-refractivity contribution in [2.45, 2.75) is 107 Å². The smallest absolute Gasteiger partial charge is 0.161 e. The molecule has 0 heterocycles. The van der Waals surface area contributed by atoms with Crippen LogP contribution in [0.1, 0.15) is 94.9 Å². The molecular weight excluding hydrogens is 320 g/mol. The van der Waals surface area contributed by atoms with E-state index < -0.39 is 6.29 Å². The lowest BCUT2D eigenvalue weighted by Crippen LogP contribution is -2.40. The number of aliphatic hydroxyl groups excluding tert-OH is 1. The molecule has 1 rings (SSSR count). The molecule has 0 aromatic carbocycles. The molecule has 0 saturated carbocycles. The number of hydrogen-bond acceptors (Lipinski definition) is 2. The lowest BCUT2D eigenvalue weighted by molar-refractivity contribution is -0.205. The zero-order valence-corrected chi connectivity index (χ0v) is 19.2. The summed E-state index contributed by atoms with van der Waals surface area (Å²) >= 11 is 0. The van der Waals surface area contributed by atoms with E-state index in [1.54, 1.807) is 0 Å². The van der Waals surface area contributed by atoms with Crippen LogP contribution in [0.4, 0.5) is 0 Å². The molecule has 0 aromatic rings. The average Bonchev–Trinajstić information content (AvgIpc) is 2.51. The first-order valence-electron chi connectivity index (χ1n) is 10.7. The van der Waals surface area contributed by atoms with E-state index in [-0.39, 0.29) is 11.5 Å². The average molecular weight is 367 g/mol. The normalized spacial score (nSPS) is 24.8. The lowest BCUT2D eigenvalue weighted by atomic mass is 9.62. The van der Waals surface area contributed by atoms with Gasteiger partial charge in [0.15, 0.2) is 6.29 Å². The summed E-state index contributed by atoms with van der Waals surface area (Å²) in [6, 6.07) is 0. The Bertz CT molecular complexity index is 453. The van der Waals surface area contributed by atoms with Crippen molar-refractivity contribution in [2.75, 3.05) is 0 Å². The van der Waals surface area contributed by atoms with Crippen molar-refractivity contribution < 1.29 is 9.84 Å². The third-order valence-corrected chi connectivity index (χ3v) is 6.88. The van der Waals surface area contributed by atoms with Crippen LogP contribution in [-0.2, 0) is 4.74 Å². The van der Waals surface area contributed by atoms with Crippen LogP contribution < -0.4 is 0 Å². The topological polar surface area (TPSA) is 29.5 Å². The Morgan fingerprint density at radius 1 is 0.962 bits per heavy atom. The van der Waals surface area contributed by atoms with E-state index in [1.807, 2.05) is 0 Å². The van der Waals surface area contributed by atoms with Gasteiger partial charge in [0, 0.05) is 5.92 Å². The van der Waals surface area contributed by atoms with Crippen molar-refractivity contribution in [3.05, 3.63) is 12.2 Å². The molecular formula is C24H46O2. The van der Waals surface area contributed by atoms with Gasteiger partial charge >= 0.3 is 0 Å². The number of ether oxygens (including phenoxy) is 1. The molecule has 0 spiro atoms. The third-order valence-electron chi connectivity index (χ3n) is 6.88. The summed E-state index contributed by atoms with van der Waals surface area (Å²) in [4.78, 5) is 0. The summed E-state index contributed by atoms with van der Waals surface area (Å²) in [5.74, 6) is 1.77. The van der Waals surface area contributed by atoms with Gasteiger partial charge in [0.25, 0.3) is 0 Å². The highest BCUT2D eigenvalue weighted by Crippen LogP contribution is 2.46. The number of hydrogen-bond donors (Lipinski definition) is 1. The predicted molar refractivity (Wildman–Crippen MR) is 113 cm³/mol. The van der Waals surface area contributed by atoms with Crippen molar-refractivity contribution in [1.82, 2.24) is 0 Å². The molecule has 1 aliphatic carbocycles. The maximum absolute atomic E-state index is 10.6. The maximum Gasteiger partial charge on any atom is 0.161 e. The zero-order valence-electron chi connectivity index (χ0n) is 19.2. The molecule has 0 amide bonds. The molecule has 0 saturated heterocycles. The first-order valence-corrected chi connectivity index (χ1v) is 10.7. The number of rotatable bonds is 8. The van der Waals surface area contributed by atoms with Gasteiger partial charge in [-0.3, -0.25) is 0 Å². The van der Waals surface area contributed by atoms with Crippen LogP contribution in [0.5, 0.6) is 0 Å². The summed E-state index contributed by atoms with van der Waals surface area (Å²) in [6.45, 7) is 22.6. The minimum atomic E-state index is -0.704. The summed E-state index contributed by atoms with van der Waals surface area (Å²) < 4.78 is 6.01. The van der Waals surface area contributed by atoms with Crippen LogP contribution in [0.15, 0.2) is 12.2 Å². The minimum Gasteiger partial charge on any atom is -0.367 e. The second-order valence-electron chi connectivity index (χ2n) is 11.3. The third kappa shape index (κ3) is 6.68. The monoisotopic (exact) mass is 366 g/mol. The summed E-state index contributed by atoms with van der Waals surface area (Å²) in [7, 11) is 0. The van der Waals surface area contributed by atoms with Gasteiger partial charge in [0.2, 0.25) is 0 Å². The number of aliphatic hydroxyl groups is 1. The fraction of sp³-hybridized carbons (Fsp3) is 0.917. The molecule has 2 heteroatoms. The lowest BCUT2D eigenvalue weighted by Gasteiger charge is -2.43. The first kappa shape index (κ1) is 23.7. The Morgan fingerprint density at radius 3 is 1.85 bits per heavy atom. The molecule has 154 valence electrons. The van der Waals surface area contributed by atoms with E-state index in [0.717, 1.165) is 12.8 Å². The van der Waals surface area contributed by atoms with E-state index in [0.29, 0.717) is 28.6 Å². The van der Waals surface area contributed by atoms with Gasteiger partial charge in [-0.25, -0.2) is 0 Å². The van der Waals surface area contributed by atoms with E-state index in [1.165, 1.54) is 12.8 Å². The second-order valence-corrected chi connectivity index (χ2v) is 11.3.